The molecule has 1 rings (SSSR count). The molecule has 2 unspecified atom stereocenters. The van der Waals surface area contributed by atoms with Crippen molar-refractivity contribution < 1.29 is 9.59 Å². The van der Waals surface area contributed by atoms with Crippen molar-refractivity contribution in [2.45, 2.75) is 71.8 Å². The Hall–Kier alpha value is -1.06. The Kier molecular flexibility index (Phi) is 7.63. The third-order valence-electron chi connectivity index (χ3n) is 4.27. The summed E-state index contributed by atoms with van der Waals surface area (Å²) in [6.07, 6.45) is 8.13. The van der Waals surface area contributed by atoms with Crippen molar-refractivity contribution in [3.8, 4) is 0 Å². The molecule has 4 nitrogen and oxygen atoms in total. The fourth-order valence-electron chi connectivity index (χ4n) is 2.78. The molecule has 2 amide bonds. The molecule has 20 heavy (non-hydrogen) atoms. The maximum absolute atomic E-state index is 12.0. The molecule has 0 radical (unpaired) electrons. The van der Waals surface area contributed by atoms with Gasteiger partial charge in [-0.15, -0.1) is 0 Å². The lowest BCUT2D eigenvalue weighted by Crippen LogP contribution is -2.60. The molecule has 1 fully saturated rings. The Morgan fingerprint density at radius 3 is 2.45 bits per heavy atom. The van der Waals surface area contributed by atoms with Crippen molar-refractivity contribution in [2.75, 3.05) is 13.1 Å². The topological polar surface area (TPSA) is 49.4 Å². The Morgan fingerprint density at radius 2 is 1.80 bits per heavy atom. The van der Waals surface area contributed by atoms with E-state index in [0.717, 1.165) is 25.8 Å². The van der Waals surface area contributed by atoms with Crippen LogP contribution in [0.15, 0.2) is 0 Å². The van der Waals surface area contributed by atoms with E-state index in [9.17, 15) is 9.59 Å². The van der Waals surface area contributed by atoms with E-state index in [2.05, 4.69) is 26.1 Å². The van der Waals surface area contributed by atoms with Gasteiger partial charge in [0.25, 0.3) is 0 Å². The van der Waals surface area contributed by atoms with Gasteiger partial charge in [-0.25, -0.2) is 0 Å². The highest BCUT2D eigenvalue weighted by atomic mass is 16.2. The molecule has 116 valence electrons. The van der Waals surface area contributed by atoms with Gasteiger partial charge in [-0.2, -0.15) is 0 Å². The molecule has 1 heterocycles. The minimum Gasteiger partial charge on any atom is -0.345 e. The van der Waals surface area contributed by atoms with Gasteiger partial charge < -0.3 is 10.2 Å². The Labute approximate surface area is 123 Å². The van der Waals surface area contributed by atoms with Gasteiger partial charge in [0, 0.05) is 6.54 Å². The molecule has 1 N–H and O–H groups in total. The summed E-state index contributed by atoms with van der Waals surface area (Å²) in [6.45, 7) is 7.23. The van der Waals surface area contributed by atoms with Crippen molar-refractivity contribution in [2.24, 2.45) is 5.92 Å². The number of hydrogen-bond acceptors (Lipinski definition) is 2. The Morgan fingerprint density at radius 1 is 1.15 bits per heavy atom. The van der Waals surface area contributed by atoms with Gasteiger partial charge in [0.1, 0.15) is 6.04 Å². The standard InChI is InChI=1S/C16H30N2O2/c1-4-6-7-8-9-10-11-18-14(19)12-17-16(20)15(18)13(3)5-2/h13,15H,4-12H2,1-3H3,(H,17,20). The molecule has 1 aliphatic heterocycles. The highest BCUT2D eigenvalue weighted by molar-refractivity contribution is 5.94. The number of unbranched alkanes of at least 4 members (excludes halogenated alkanes) is 5. The number of rotatable bonds is 9. The fraction of sp³-hybridized carbons (Fsp3) is 0.875. The van der Waals surface area contributed by atoms with Gasteiger partial charge in [0.15, 0.2) is 0 Å². The summed E-state index contributed by atoms with van der Waals surface area (Å²) in [5.74, 6) is 0.313. The number of carbonyl (C=O) groups excluding carboxylic acids is 2. The van der Waals surface area contributed by atoms with Gasteiger partial charge in [-0.05, 0) is 12.3 Å². The number of amides is 2. The van der Waals surface area contributed by atoms with Gasteiger partial charge in [0.2, 0.25) is 11.8 Å². The van der Waals surface area contributed by atoms with Crippen LogP contribution in [0.5, 0.6) is 0 Å². The molecule has 0 aliphatic carbocycles. The second-order valence-electron chi connectivity index (χ2n) is 5.90. The monoisotopic (exact) mass is 282 g/mol. The van der Waals surface area contributed by atoms with Crippen molar-refractivity contribution in [3.05, 3.63) is 0 Å². The van der Waals surface area contributed by atoms with E-state index in [1.165, 1.54) is 25.7 Å². The lowest BCUT2D eigenvalue weighted by Gasteiger charge is -2.38. The van der Waals surface area contributed by atoms with Crippen molar-refractivity contribution in [1.29, 1.82) is 0 Å². The van der Waals surface area contributed by atoms with Crippen molar-refractivity contribution in [3.63, 3.8) is 0 Å². The number of nitrogens with one attached hydrogen (secondary N) is 1. The van der Waals surface area contributed by atoms with Crippen molar-refractivity contribution >= 4 is 11.8 Å². The first-order valence-electron chi connectivity index (χ1n) is 8.19. The van der Waals surface area contributed by atoms with Crippen LogP contribution in [0.4, 0.5) is 0 Å². The van der Waals surface area contributed by atoms with E-state index >= 15 is 0 Å². The van der Waals surface area contributed by atoms with Crippen LogP contribution in [0, 0.1) is 5.92 Å². The molecule has 0 bridgehead atoms. The first kappa shape index (κ1) is 17.0. The van der Waals surface area contributed by atoms with Gasteiger partial charge >= 0.3 is 0 Å². The molecule has 0 saturated carbocycles. The largest absolute Gasteiger partial charge is 0.345 e. The molecule has 0 aromatic rings. The maximum atomic E-state index is 12.0. The summed E-state index contributed by atoms with van der Waals surface area (Å²) in [5.41, 5.74) is 0. The van der Waals surface area contributed by atoms with Crippen LogP contribution in [0.25, 0.3) is 0 Å². The molecular formula is C16H30N2O2. The average Bonchev–Trinajstić information content (AvgIpc) is 2.45. The summed E-state index contributed by atoms with van der Waals surface area (Å²) < 4.78 is 0. The molecule has 0 aromatic carbocycles. The second-order valence-corrected chi connectivity index (χ2v) is 5.90. The van der Waals surface area contributed by atoms with E-state index in [0.29, 0.717) is 0 Å². The van der Waals surface area contributed by atoms with Crippen LogP contribution < -0.4 is 5.32 Å². The summed E-state index contributed by atoms with van der Waals surface area (Å²) in [5, 5.41) is 2.72. The molecule has 0 aromatic heterocycles. The first-order chi connectivity index (χ1) is 9.61. The zero-order valence-corrected chi connectivity index (χ0v) is 13.3. The number of carbonyl (C=O) groups is 2. The Bertz CT molecular complexity index is 318. The summed E-state index contributed by atoms with van der Waals surface area (Å²) in [6, 6.07) is -0.267. The quantitative estimate of drug-likeness (QED) is 0.661. The number of piperazine rings is 1. The lowest BCUT2D eigenvalue weighted by atomic mass is 9.94. The van der Waals surface area contributed by atoms with Gasteiger partial charge in [-0.1, -0.05) is 59.3 Å². The van der Waals surface area contributed by atoms with E-state index in [1.807, 2.05) is 4.90 Å². The molecule has 2 atom stereocenters. The van der Waals surface area contributed by atoms with Crippen LogP contribution >= 0.6 is 0 Å². The fourth-order valence-corrected chi connectivity index (χ4v) is 2.78. The average molecular weight is 282 g/mol. The van der Waals surface area contributed by atoms with E-state index in [1.54, 1.807) is 0 Å². The first-order valence-corrected chi connectivity index (χ1v) is 8.19. The van der Waals surface area contributed by atoms with E-state index in [-0.39, 0.29) is 30.3 Å². The SMILES string of the molecule is CCCCCCCCN1C(=O)CNC(=O)C1C(C)CC. The molecule has 1 saturated heterocycles. The highest BCUT2D eigenvalue weighted by Crippen LogP contribution is 2.19. The zero-order chi connectivity index (χ0) is 15.0. The minimum atomic E-state index is -0.267. The van der Waals surface area contributed by atoms with Gasteiger partial charge in [0.05, 0.1) is 6.54 Å². The third-order valence-corrected chi connectivity index (χ3v) is 4.27. The van der Waals surface area contributed by atoms with Crippen LogP contribution in [-0.4, -0.2) is 35.8 Å². The molecular weight excluding hydrogens is 252 g/mol. The molecule has 1 aliphatic rings. The number of nitrogens with zero attached hydrogens (tertiary/aromatic N) is 1. The predicted octanol–water partition coefficient (Wildman–Crippen LogP) is 2.72. The van der Waals surface area contributed by atoms with Crippen molar-refractivity contribution in [1.82, 2.24) is 10.2 Å². The minimum absolute atomic E-state index is 0.0185. The summed E-state index contributed by atoms with van der Waals surface area (Å²) >= 11 is 0. The maximum Gasteiger partial charge on any atom is 0.243 e. The molecule has 4 heteroatoms. The Balaban J connectivity index is 2.45. The lowest BCUT2D eigenvalue weighted by molar-refractivity contribution is -0.147. The van der Waals surface area contributed by atoms with Crippen LogP contribution in [0.1, 0.15) is 65.7 Å². The van der Waals surface area contributed by atoms with E-state index < -0.39 is 0 Å². The highest BCUT2D eigenvalue weighted by Gasteiger charge is 2.36. The smallest absolute Gasteiger partial charge is 0.243 e. The normalized spacial score (nSPS) is 20.9. The third kappa shape index (κ3) is 4.80. The second kappa shape index (κ2) is 8.98. The van der Waals surface area contributed by atoms with Gasteiger partial charge in [-0.3, -0.25) is 9.59 Å². The zero-order valence-electron chi connectivity index (χ0n) is 13.3. The predicted molar refractivity (Wildman–Crippen MR) is 81.3 cm³/mol. The van der Waals surface area contributed by atoms with E-state index in [4.69, 9.17) is 0 Å². The summed E-state index contributed by atoms with van der Waals surface area (Å²) in [7, 11) is 0. The molecule has 0 spiro atoms. The number of hydrogen-bond donors (Lipinski definition) is 1. The van der Waals surface area contributed by atoms with Crippen LogP contribution in [-0.2, 0) is 9.59 Å². The summed E-state index contributed by atoms with van der Waals surface area (Å²) in [4.78, 5) is 25.9. The van der Waals surface area contributed by atoms with Crippen LogP contribution in [0.2, 0.25) is 0 Å². The van der Waals surface area contributed by atoms with Crippen LogP contribution in [0.3, 0.4) is 0 Å².